The van der Waals surface area contributed by atoms with Gasteiger partial charge in [-0.1, -0.05) is 0 Å². The fourth-order valence-corrected chi connectivity index (χ4v) is 1.32. The van der Waals surface area contributed by atoms with E-state index in [1.54, 1.807) is 11.9 Å². The van der Waals surface area contributed by atoms with E-state index in [0.29, 0.717) is 18.8 Å². The molecule has 0 aliphatic rings. The Balaban J connectivity index is 0.00000361. The van der Waals surface area contributed by atoms with Gasteiger partial charge in [0.2, 0.25) is 0 Å². The van der Waals surface area contributed by atoms with Crippen molar-refractivity contribution in [1.82, 2.24) is 10.2 Å². The Morgan fingerprint density at radius 1 is 1.40 bits per heavy atom. The molecule has 0 unspecified atom stereocenters. The lowest BCUT2D eigenvalue weighted by Gasteiger charge is -2.17. The number of likely N-dealkylation sites (N-methyl/N-ethyl adjacent to an activating group) is 2. The number of nitro groups is 1. The molecule has 8 heteroatoms. The summed E-state index contributed by atoms with van der Waals surface area (Å²) in [6, 6.07) is 5.62. The number of rotatable bonds is 7. The molecule has 112 valence electrons. The molecular weight excluding hydrogens is 286 g/mol. The molecule has 1 aromatic carbocycles. The molecule has 0 aliphatic heterocycles. The van der Waals surface area contributed by atoms with Gasteiger partial charge in [0.05, 0.1) is 4.92 Å². The van der Waals surface area contributed by atoms with Crippen molar-refractivity contribution in [3.8, 4) is 5.75 Å². The molecule has 0 bridgehead atoms. The third-order valence-corrected chi connectivity index (χ3v) is 2.53. The van der Waals surface area contributed by atoms with E-state index in [2.05, 4.69) is 5.32 Å². The van der Waals surface area contributed by atoms with E-state index in [1.807, 2.05) is 7.05 Å². The van der Waals surface area contributed by atoms with Crippen LogP contribution in [0.15, 0.2) is 24.3 Å². The van der Waals surface area contributed by atoms with Crippen LogP contribution >= 0.6 is 12.4 Å². The lowest BCUT2D eigenvalue weighted by Crippen LogP contribution is -2.35. The minimum absolute atomic E-state index is 0. The molecule has 0 atom stereocenters. The van der Waals surface area contributed by atoms with Crippen LogP contribution in [-0.2, 0) is 4.79 Å². The number of nitrogens with zero attached hydrogens (tertiary/aromatic N) is 2. The van der Waals surface area contributed by atoms with Gasteiger partial charge in [-0.3, -0.25) is 14.9 Å². The van der Waals surface area contributed by atoms with Crippen molar-refractivity contribution in [1.29, 1.82) is 0 Å². The summed E-state index contributed by atoms with van der Waals surface area (Å²) in [6.45, 7) is 1.22. The van der Waals surface area contributed by atoms with E-state index in [9.17, 15) is 14.9 Å². The van der Waals surface area contributed by atoms with Crippen LogP contribution in [0.1, 0.15) is 0 Å². The van der Waals surface area contributed by atoms with E-state index in [-0.39, 0.29) is 30.6 Å². The second-order valence-electron chi connectivity index (χ2n) is 3.96. The van der Waals surface area contributed by atoms with Gasteiger partial charge >= 0.3 is 0 Å². The van der Waals surface area contributed by atoms with Crippen molar-refractivity contribution < 1.29 is 14.5 Å². The first-order valence-corrected chi connectivity index (χ1v) is 5.80. The molecular formula is C12H18ClN3O4. The molecule has 0 radical (unpaired) electrons. The lowest BCUT2D eigenvalue weighted by atomic mass is 10.3. The zero-order valence-corrected chi connectivity index (χ0v) is 12.2. The average Bonchev–Trinajstić information content (AvgIpc) is 2.42. The van der Waals surface area contributed by atoms with Crippen LogP contribution in [-0.4, -0.2) is 49.5 Å². The van der Waals surface area contributed by atoms with Crippen LogP contribution in [0.3, 0.4) is 0 Å². The van der Waals surface area contributed by atoms with Crippen LogP contribution in [0, 0.1) is 10.1 Å². The summed E-state index contributed by atoms with van der Waals surface area (Å²) in [5.41, 5.74) is -0.00943. The van der Waals surface area contributed by atoms with Gasteiger partial charge in [0, 0.05) is 32.3 Å². The third kappa shape index (κ3) is 5.85. The minimum Gasteiger partial charge on any atom is -0.484 e. The first kappa shape index (κ1) is 18.1. The molecule has 7 nitrogen and oxygen atoms in total. The molecule has 0 heterocycles. The number of carbonyl (C=O) groups is 1. The van der Waals surface area contributed by atoms with Crippen molar-refractivity contribution in [2.45, 2.75) is 0 Å². The Hall–Kier alpha value is -1.86. The summed E-state index contributed by atoms with van der Waals surface area (Å²) in [5.74, 6) is 0.287. The lowest BCUT2D eigenvalue weighted by molar-refractivity contribution is -0.384. The number of nitro benzene ring substituents is 1. The first-order chi connectivity index (χ1) is 9.04. The third-order valence-electron chi connectivity index (χ3n) is 2.53. The predicted molar refractivity (Wildman–Crippen MR) is 77.4 cm³/mol. The number of benzene rings is 1. The van der Waals surface area contributed by atoms with Crippen LogP contribution in [0.25, 0.3) is 0 Å². The zero-order chi connectivity index (χ0) is 14.3. The fourth-order valence-electron chi connectivity index (χ4n) is 1.32. The number of ether oxygens (including phenoxy) is 1. The highest BCUT2D eigenvalue weighted by atomic mass is 35.5. The Labute approximate surface area is 123 Å². The molecule has 20 heavy (non-hydrogen) atoms. The van der Waals surface area contributed by atoms with E-state index in [4.69, 9.17) is 4.74 Å². The van der Waals surface area contributed by atoms with Crippen molar-refractivity contribution >= 4 is 24.0 Å². The summed E-state index contributed by atoms with van der Waals surface area (Å²) in [4.78, 5) is 23.2. The smallest absolute Gasteiger partial charge is 0.269 e. The number of hydrogen-bond acceptors (Lipinski definition) is 5. The molecule has 0 aliphatic carbocycles. The highest BCUT2D eigenvalue weighted by Gasteiger charge is 2.09. The van der Waals surface area contributed by atoms with Gasteiger partial charge in [0.1, 0.15) is 5.75 Å². The molecule has 1 amide bonds. The summed E-state index contributed by atoms with van der Waals surface area (Å²) in [6.07, 6.45) is 0. The number of halogens is 1. The summed E-state index contributed by atoms with van der Waals surface area (Å²) in [7, 11) is 3.50. The number of amides is 1. The minimum atomic E-state index is -0.486. The number of non-ortho nitro benzene ring substituents is 1. The van der Waals surface area contributed by atoms with Gasteiger partial charge < -0.3 is 15.0 Å². The van der Waals surface area contributed by atoms with Crippen molar-refractivity contribution in [2.75, 3.05) is 33.8 Å². The highest BCUT2D eigenvalue weighted by molar-refractivity contribution is 5.85. The van der Waals surface area contributed by atoms with Crippen LogP contribution in [0.2, 0.25) is 0 Å². The van der Waals surface area contributed by atoms with Crippen molar-refractivity contribution in [3.05, 3.63) is 34.4 Å². The fraction of sp³-hybridized carbons (Fsp3) is 0.417. The second-order valence-corrected chi connectivity index (χ2v) is 3.96. The molecule has 0 aromatic heterocycles. The van der Waals surface area contributed by atoms with E-state index in [0.717, 1.165) is 0 Å². The van der Waals surface area contributed by atoms with Gasteiger partial charge in [0.15, 0.2) is 6.61 Å². The largest absolute Gasteiger partial charge is 0.484 e. The van der Waals surface area contributed by atoms with E-state index >= 15 is 0 Å². The van der Waals surface area contributed by atoms with Gasteiger partial charge in [0.25, 0.3) is 11.6 Å². The molecule has 0 saturated carbocycles. The maximum Gasteiger partial charge on any atom is 0.269 e. The first-order valence-electron chi connectivity index (χ1n) is 5.80. The predicted octanol–water partition coefficient (Wildman–Crippen LogP) is 1.07. The second kappa shape index (κ2) is 9.11. The maximum absolute atomic E-state index is 11.7. The Morgan fingerprint density at radius 2 is 2.00 bits per heavy atom. The monoisotopic (exact) mass is 303 g/mol. The van der Waals surface area contributed by atoms with Gasteiger partial charge in [-0.05, 0) is 19.2 Å². The van der Waals surface area contributed by atoms with E-state index in [1.165, 1.54) is 24.3 Å². The Morgan fingerprint density at radius 3 is 2.50 bits per heavy atom. The number of hydrogen-bond donors (Lipinski definition) is 1. The maximum atomic E-state index is 11.7. The molecule has 0 spiro atoms. The molecule has 1 rings (SSSR count). The number of carbonyl (C=O) groups excluding carboxylic acids is 1. The highest BCUT2D eigenvalue weighted by Crippen LogP contribution is 2.17. The van der Waals surface area contributed by atoms with Crippen molar-refractivity contribution in [3.63, 3.8) is 0 Å². The Bertz CT molecular complexity index is 439. The molecule has 1 N–H and O–H groups in total. The summed E-state index contributed by atoms with van der Waals surface area (Å²) >= 11 is 0. The normalized spacial score (nSPS) is 9.50. The Kier molecular flexibility index (Phi) is 8.26. The van der Waals surface area contributed by atoms with E-state index < -0.39 is 4.92 Å². The van der Waals surface area contributed by atoms with Crippen LogP contribution < -0.4 is 10.1 Å². The average molecular weight is 304 g/mol. The quantitative estimate of drug-likeness (QED) is 0.602. The summed E-state index contributed by atoms with van der Waals surface area (Å²) < 4.78 is 5.27. The molecule has 1 aromatic rings. The van der Waals surface area contributed by atoms with Crippen molar-refractivity contribution in [2.24, 2.45) is 0 Å². The SMILES string of the molecule is CNCCN(C)C(=O)COc1ccc([N+](=O)[O-])cc1.Cl. The standard InChI is InChI=1S/C12H17N3O4.ClH/c1-13-7-8-14(2)12(16)9-19-11-5-3-10(4-6-11)15(17)18;/h3-6,13H,7-9H2,1-2H3;1H. The number of nitrogens with one attached hydrogen (secondary N) is 1. The topological polar surface area (TPSA) is 84.7 Å². The summed E-state index contributed by atoms with van der Waals surface area (Å²) in [5, 5.41) is 13.4. The molecule has 0 saturated heterocycles. The van der Waals surface area contributed by atoms with Crippen LogP contribution in [0.4, 0.5) is 5.69 Å². The zero-order valence-electron chi connectivity index (χ0n) is 11.4. The van der Waals surface area contributed by atoms with Gasteiger partial charge in [-0.25, -0.2) is 0 Å². The van der Waals surface area contributed by atoms with Gasteiger partial charge in [-0.15, -0.1) is 12.4 Å². The molecule has 0 fully saturated rings. The van der Waals surface area contributed by atoms with Crippen LogP contribution in [0.5, 0.6) is 5.75 Å². The van der Waals surface area contributed by atoms with Gasteiger partial charge in [-0.2, -0.15) is 0 Å².